The monoisotopic (exact) mass is 658 g/mol. The number of methoxy groups -OCH3 is 1. The highest BCUT2D eigenvalue weighted by molar-refractivity contribution is 14.1. The summed E-state index contributed by atoms with van der Waals surface area (Å²) in [5, 5.41) is 33.1. The zero-order chi connectivity index (χ0) is 28.5. The van der Waals surface area contributed by atoms with Crippen LogP contribution in [-0.2, 0) is 21.0 Å². The second-order valence-electron chi connectivity index (χ2n) is 9.92. The fraction of sp³-hybridized carbons (Fsp3) is 0.607. The van der Waals surface area contributed by atoms with Crippen molar-refractivity contribution in [3.63, 3.8) is 0 Å². The van der Waals surface area contributed by atoms with Crippen molar-refractivity contribution in [2.45, 2.75) is 89.2 Å². The van der Waals surface area contributed by atoms with Crippen molar-refractivity contribution in [1.29, 1.82) is 0 Å². The average Bonchev–Trinajstić information content (AvgIpc) is 3.23. The number of hydrogen-bond donors (Lipinski definition) is 4. The summed E-state index contributed by atoms with van der Waals surface area (Å²) in [6, 6.07) is 2.24. The van der Waals surface area contributed by atoms with Crippen LogP contribution in [0.5, 0.6) is 11.5 Å². The number of ketones is 1. The molecule has 3 rings (SSSR count). The van der Waals surface area contributed by atoms with Gasteiger partial charge in [0, 0.05) is 31.0 Å². The van der Waals surface area contributed by atoms with E-state index in [9.17, 15) is 29.7 Å². The SMILES string of the molecule is CCC(=O)C(=O)N(C1CCCCCC1)C1CC(C(=O)NCCO)=CC(Oc2c(I)cc(CO)cc2OC)C1O. The number of aliphatic hydroxyl groups excluding tert-OH is 3. The van der Waals surface area contributed by atoms with E-state index < -0.39 is 35.8 Å². The molecule has 1 aromatic carbocycles. The molecule has 0 radical (unpaired) electrons. The first-order valence-corrected chi connectivity index (χ1v) is 14.6. The van der Waals surface area contributed by atoms with Crippen LogP contribution in [0.1, 0.15) is 63.9 Å². The average molecular weight is 659 g/mol. The number of halogens is 1. The Balaban J connectivity index is 2.05. The predicted octanol–water partition coefficient (Wildman–Crippen LogP) is 2.24. The van der Waals surface area contributed by atoms with Crippen LogP contribution in [0.4, 0.5) is 0 Å². The number of ether oxygens (including phenoxy) is 2. The highest BCUT2D eigenvalue weighted by atomic mass is 127. The van der Waals surface area contributed by atoms with E-state index in [0.29, 0.717) is 39.0 Å². The lowest BCUT2D eigenvalue weighted by atomic mass is 9.86. The highest BCUT2D eigenvalue weighted by Crippen LogP contribution is 2.38. The number of benzene rings is 1. The zero-order valence-corrected chi connectivity index (χ0v) is 24.7. The van der Waals surface area contributed by atoms with Crippen molar-refractivity contribution >= 4 is 40.2 Å². The minimum absolute atomic E-state index is 0.0369. The Morgan fingerprint density at radius 1 is 1.13 bits per heavy atom. The van der Waals surface area contributed by atoms with Crippen molar-refractivity contribution in [2.75, 3.05) is 20.3 Å². The number of Topliss-reactive ketones (excluding diaryl/α,β-unsaturated/α-hetero) is 1. The van der Waals surface area contributed by atoms with E-state index in [1.54, 1.807) is 19.1 Å². The quantitative estimate of drug-likeness (QED) is 0.161. The van der Waals surface area contributed by atoms with E-state index in [0.717, 1.165) is 25.7 Å². The molecular formula is C28H39IN2O8. The third-order valence-corrected chi connectivity index (χ3v) is 8.11. The van der Waals surface area contributed by atoms with E-state index in [1.165, 1.54) is 18.1 Å². The molecule has 0 bridgehead atoms. The normalized spacial score (nSPS) is 21.9. The molecular weight excluding hydrogens is 619 g/mol. The van der Waals surface area contributed by atoms with Crippen LogP contribution in [-0.4, -0.2) is 82.4 Å². The predicted molar refractivity (Wildman–Crippen MR) is 152 cm³/mol. The van der Waals surface area contributed by atoms with E-state index in [2.05, 4.69) is 5.32 Å². The van der Waals surface area contributed by atoms with Crippen molar-refractivity contribution in [3.8, 4) is 11.5 Å². The van der Waals surface area contributed by atoms with Crippen LogP contribution in [0, 0.1) is 3.57 Å². The summed E-state index contributed by atoms with van der Waals surface area (Å²) in [5.74, 6) is -0.965. The number of carbonyl (C=O) groups excluding carboxylic acids is 3. The maximum absolute atomic E-state index is 13.5. The van der Waals surface area contributed by atoms with Gasteiger partial charge in [-0.05, 0) is 59.2 Å². The highest BCUT2D eigenvalue weighted by Gasteiger charge is 2.44. The number of carbonyl (C=O) groups is 3. The molecule has 0 spiro atoms. The van der Waals surface area contributed by atoms with Gasteiger partial charge in [0.1, 0.15) is 12.2 Å². The van der Waals surface area contributed by atoms with Crippen LogP contribution in [0.2, 0.25) is 0 Å². The first-order valence-electron chi connectivity index (χ1n) is 13.5. The molecule has 3 atom stereocenters. The van der Waals surface area contributed by atoms with E-state index in [1.807, 2.05) is 22.6 Å². The number of amides is 2. The summed E-state index contributed by atoms with van der Waals surface area (Å²) < 4.78 is 12.4. The van der Waals surface area contributed by atoms with Gasteiger partial charge >= 0.3 is 0 Å². The molecule has 1 aromatic rings. The summed E-state index contributed by atoms with van der Waals surface area (Å²) in [6.07, 6.45) is 4.63. The summed E-state index contributed by atoms with van der Waals surface area (Å²) in [4.78, 5) is 40.7. The Kier molecular flexibility index (Phi) is 12.0. The Labute approximate surface area is 242 Å². The second-order valence-corrected chi connectivity index (χ2v) is 11.1. The number of rotatable bonds is 11. The third-order valence-electron chi connectivity index (χ3n) is 7.31. The van der Waals surface area contributed by atoms with Crippen LogP contribution < -0.4 is 14.8 Å². The van der Waals surface area contributed by atoms with Crippen LogP contribution >= 0.6 is 22.6 Å². The zero-order valence-electron chi connectivity index (χ0n) is 22.5. The lowest BCUT2D eigenvalue weighted by Crippen LogP contribution is -2.59. The smallest absolute Gasteiger partial charge is 0.290 e. The Morgan fingerprint density at radius 3 is 2.41 bits per heavy atom. The van der Waals surface area contributed by atoms with Crippen molar-refractivity contribution in [1.82, 2.24) is 10.2 Å². The Hall–Kier alpha value is -2.22. The molecule has 1 fully saturated rings. The van der Waals surface area contributed by atoms with Gasteiger partial charge in [0.25, 0.3) is 5.91 Å². The molecule has 1 saturated carbocycles. The summed E-state index contributed by atoms with van der Waals surface area (Å²) in [6.45, 7) is 1.24. The minimum Gasteiger partial charge on any atom is -0.493 e. The molecule has 0 aliphatic heterocycles. The molecule has 10 nitrogen and oxygen atoms in total. The molecule has 3 unspecified atom stereocenters. The number of hydrogen-bond acceptors (Lipinski definition) is 8. The third kappa shape index (κ3) is 7.71. The van der Waals surface area contributed by atoms with Crippen molar-refractivity contribution < 1.29 is 39.2 Å². The lowest BCUT2D eigenvalue weighted by Gasteiger charge is -2.43. The van der Waals surface area contributed by atoms with Gasteiger partial charge in [0.2, 0.25) is 11.7 Å². The van der Waals surface area contributed by atoms with Gasteiger partial charge in [0.15, 0.2) is 11.5 Å². The number of aliphatic hydroxyl groups is 3. The van der Waals surface area contributed by atoms with Gasteiger partial charge in [-0.3, -0.25) is 14.4 Å². The first-order chi connectivity index (χ1) is 18.7. The van der Waals surface area contributed by atoms with Crippen LogP contribution in [0.3, 0.4) is 0 Å². The minimum atomic E-state index is -1.24. The molecule has 0 heterocycles. The van der Waals surface area contributed by atoms with E-state index >= 15 is 0 Å². The van der Waals surface area contributed by atoms with Gasteiger partial charge in [-0.2, -0.15) is 0 Å². The van der Waals surface area contributed by atoms with Crippen LogP contribution in [0.15, 0.2) is 23.8 Å². The molecule has 2 aliphatic carbocycles. The van der Waals surface area contributed by atoms with Gasteiger partial charge < -0.3 is 35.0 Å². The van der Waals surface area contributed by atoms with Gasteiger partial charge in [-0.1, -0.05) is 32.6 Å². The molecule has 216 valence electrons. The lowest BCUT2D eigenvalue weighted by molar-refractivity contribution is -0.152. The summed E-state index contributed by atoms with van der Waals surface area (Å²) in [7, 11) is 1.46. The van der Waals surface area contributed by atoms with Gasteiger partial charge in [-0.15, -0.1) is 0 Å². The molecule has 4 N–H and O–H groups in total. The fourth-order valence-corrected chi connectivity index (χ4v) is 6.07. The number of nitrogens with zero attached hydrogens (tertiary/aromatic N) is 1. The summed E-state index contributed by atoms with van der Waals surface area (Å²) in [5.41, 5.74) is 0.911. The Morgan fingerprint density at radius 2 is 1.82 bits per heavy atom. The van der Waals surface area contributed by atoms with Gasteiger partial charge in [-0.25, -0.2) is 0 Å². The van der Waals surface area contributed by atoms with E-state index in [-0.39, 0.29) is 38.6 Å². The molecule has 0 saturated heterocycles. The molecule has 2 aliphatic rings. The molecule has 0 aromatic heterocycles. The van der Waals surface area contributed by atoms with Crippen LogP contribution in [0.25, 0.3) is 0 Å². The molecule has 11 heteroatoms. The van der Waals surface area contributed by atoms with E-state index in [4.69, 9.17) is 9.47 Å². The fourth-order valence-electron chi connectivity index (χ4n) is 5.28. The Bertz CT molecular complexity index is 1050. The van der Waals surface area contributed by atoms with Crippen molar-refractivity contribution in [3.05, 3.63) is 32.9 Å². The first kappa shape index (κ1) is 31.3. The largest absolute Gasteiger partial charge is 0.493 e. The molecule has 2 amide bonds. The molecule has 39 heavy (non-hydrogen) atoms. The maximum Gasteiger partial charge on any atom is 0.290 e. The second kappa shape index (κ2) is 15.0. The number of nitrogens with one attached hydrogen (secondary N) is 1. The van der Waals surface area contributed by atoms with Crippen molar-refractivity contribution in [2.24, 2.45) is 0 Å². The topological polar surface area (TPSA) is 146 Å². The van der Waals surface area contributed by atoms with Gasteiger partial charge in [0.05, 0.1) is 29.9 Å². The standard InChI is InChI=1S/C28H39IN2O8/c1-3-22(34)28(37)31(19-8-6-4-5-7-9-19)21-14-18(27(36)30-10-11-32)15-23(25(21)35)39-26-20(29)12-17(16-33)13-24(26)38-2/h12-13,15,19,21,23,25,32-33,35H,3-11,14,16H2,1-2H3,(H,30,36). The summed E-state index contributed by atoms with van der Waals surface area (Å²) >= 11 is 2.05. The maximum atomic E-state index is 13.5.